The van der Waals surface area contributed by atoms with Gasteiger partial charge in [-0.15, -0.1) is 0 Å². The van der Waals surface area contributed by atoms with E-state index >= 15 is 0 Å². The van der Waals surface area contributed by atoms with Gasteiger partial charge in [-0.3, -0.25) is 9.59 Å². The van der Waals surface area contributed by atoms with Crippen molar-refractivity contribution in [2.45, 2.75) is 63.8 Å². The van der Waals surface area contributed by atoms with Crippen molar-refractivity contribution in [3.63, 3.8) is 0 Å². The molecular weight excluding hydrogens is 240 g/mol. The van der Waals surface area contributed by atoms with Crippen LogP contribution < -0.4 is 0 Å². The summed E-state index contributed by atoms with van der Waals surface area (Å²) in [7, 11) is 0. The SMILES string of the molecule is O=[C]N1CCCCCCC1C(=O)N1CCCCCC1. The Labute approximate surface area is 116 Å². The molecule has 0 spiro atoms. The van der Waals surface area contributed by atoms with Crippen LogP contribution in [0.5, 0.6) is 0 Å². The lowest BCUT2D eigenvalue weighted by atomic mass is 10.0. The number of likely N-dealkylation sites (tertiary alicyclic amines) is 2. The summed E-state index contributed by atoms with van der Waals surface area (Å²) >= 11 is 0. The summed E-state index contributed by atoms with van der Waals surface area (Å²) in [5, 5.41) is 0. The quantitative estimate of drug-likeness (QED) is 0.767. The Morgan fingerprint density at radius 1 is 0.842 bits per heavy atom. The van der Waals surface area contributed by atoms with Gasteiger partial charge in [-0.25, -0.2) is 0 Å². The van der Waals surface area contributed by atoms with Gasteiger partial charge >= 0.3 is 6.41 Å². The number of amides is 2. The summed E-state index contributed by atoms with van der Waals surface area (Å²) in [4.78, 5) is 27.4. The van der Waals surface area contributed by atoms with E-state index in [1.807, 2.05) is 11.3 Å². The second kappa shape index (κ2) is 7.51. The Morgan fingerprint density at radius 3 is 2.05 bits per heavy atom. The molecule has 1 radical (unpaired) electrons. The fraction of sp³-hybridized carbons (Fsp3) is 0.867. The predicted octanol–water partition coefficient (Wildman–Crippen LogP) is 2.09. The fourth-order valence-electron chi connectivity index (χ4n) is 3.15. The summed E-state index contributed by atoms with van der Waals surface area (Å²) < 4.78 is 0. The maximum atomic E-state index is 12.6. The molecule has 2 fully saturated rings. The van der Waals surface area contributed by atoms with E-state index in [9.17, 15) is 9.59 Å². The first kappa shape index (κ1) is 14.4. The van der Waals surface area contributed by atoms with Gasteiger partial charge in [0, 0.05) is 19.6 Å². The maximum Gasteiger partial charge on any atom is 0.312 e. The molecule has 0 aromatic rings. The van der Waals surface area contributed by atoms with Crippen LogP contribution in [0.25, 0.3) is 0 Å². The van der Waals surface area contributed by atoms with Crippen LogP contribution in [-0.4, -0.2) is 47.8 Å². The van der Waals surface area contributed by atoms with Crippen LogP contribution in [0, 0.1) is 0 Å². The zero-order chi connectivity index (χ0) is 13.5. The lowest BCUT2D eigenvalue weighted by molar-refractivity contribution is -0.136. The van der Waals surface area contributed by atoms with E-state index in [1.165, 1.54) is 19.3 Å². The molecule has 2 rings (SSSR count). The highest BCUT2D eigenvalue weighted by Gasteiger charge is 2.30. The average molecular weight is 265 g/mol. The first-order valence-corrected chi connectivity index (χ1v) is 7.76. The largest absolute Gasteiger partial charge is 0.341 e. The van der Waals surface area contributed by atoms with Crippen molar-refractivity contribution in [3.8, 4) is 0 Å². The van der Waals surface area contributed by atoms with Crippen LogP contribution >= 0.6 is 0 Å². The van der Waals surface area contributed by atoms with Crippen molar-refractivity contribution >= 4 is 12.3 Å². The normalized spacial score (nSPS) is 26.2. The molecule has 2 saturated heterocycles. The third kappa shape index (κ3) is 3.95. The highest BCUT2D eigenvalue weighted by molar-refractivity contribution is 5.83. The highest BCUT2D eigenvalue weighted by atomic mass is 16.2. The molecular formula is C15H25N2O2. The van der Waals surface area contributed by atoms with Gasteiger partial charge in [-0.1, -0.05) is 32.1 Å². The summed E-state index contributed by atoms with van der Waals surface area (Å²) in [5.74, 6) is 0.159. The van der Waals surface area contributed by atoms with E-state index in [2.05, 4.69) is 0 Å². The van der Waals surface area contributed by atoms with Crippen LogP contribution in [-0.2, 0) is 9.59 Å². The second-order valence-corrected chi connectivity index (χ2v) is 5.74. The topological polar surface area (TPSA) is 40.6 Å². The van der Waals surface area contributed by atoms with Gasteiger partial charge in [0.1, 0.15) is 6.04 Å². The molecule has 0 aromatic heterocycles. The smallest absolute Gasteiger partial charge is 0.312 e. The van der Waals surface area contributed by atoms with Gasteiger partial charge in [0.15, 0.2) is 0 Å². The van der Waals surface area contributed by atoms with Crippen LogP contribution in [0.2, 0.25) is 0 Å². The van der Waals surface area contributed by atoms with E-state index in [-0.39, 0.29) is 11.9 Å². The fourth-order valence-corrected chi connectivity index (χ4v) is 3.15. The molecule has 2 amide bonds. The molecule has 0 aliphatic carbocycles. The number of hydrogen-bond donors (Lipinski definition) is 0. The monoisotopic (exact) mass is 265 g/mol. The van der Waals surface area contributed by atoms with Crippen molar-refractivity contribution in [2.75, 3.05) is 19.6 Å². The molecule has 2 heterocycles. The third-order valence-electron chi connectivity index (χ3n) is 4.32. The first-order valence-electron chi connectivity index (χ1n) is 7.76. The van der Waals surface area contributed by atoms with Gasteiger partial charge in [0.05, 0.1) is 0 Å². The molecule has 4 heteroatoms. The third-order valence-corrected chi connectivity index (χ3v) is 4.32. The Kier molecular flexibility index (Phi) is 5.67. The molecule has 0 aromatic carbocycles. The molecule has 4 nitrogen and oxygen atoms in total. The standard InChI is InChI=1S/C15H25N2O2/c18-13-17-12-8-2-1-5-9-14(17)15(19)16-10-6-3-4-7-11-16/h14H,1-12H2. The molecule has 0 saturated carbocycles. The summed E-state index contributed by atoms with van der Waals surface area (Å²) in [6.45, 7) is 2.41. The van der Waals surface area contributed by atoms with E-state index in [0.29, 0.717) is 6.54 Å². The van der Waals surface area contributed by atoms with E-state index in [0.717, 1.165) is 51.6 Å². The van der Waals surface area contributed by atoms with E-state index in [4.69, 9.17) is 0 Å². The second-order valence-electron chi connectivity index (χ2n) is 5.74. The van der Waals surface area contributed by atoms with Crippen LogP contribution in [0.15, 0.2) is 0 Å². The number of carbonyl (C=O) groups is 1. The number of hydrogen-bond acceptors (Lipinski definition) is 2. The molecule has 0 N–H and O–H groups in total. The summed E-state index contributed by atoms with van der Waals surface area (Å²) in [6, 6.07) is -0.254. The maximum absolute atomic E-state index is 12.6. The Hall–Kier alpha value is -1.06. The van der Waals surface area contributed by atoms with Crippen molar-refractivity contribution in [2.24, 2.45) is 0 Å². The lowest BCUT2D eigenvalue weighted by Crippen LogP contribution is -2.49. The van der Waals surface area contributed by atoms with Crippen molar-refractivity contribution < 1.29 is 9.59 Å². The molecule has 19 heavy (non-hydrogen) atoms. The molecule has 2 aliphatic heterocycles. The van der Waals surface area contributed by atoms with Gasteiger partial charge in [-0.05, 0) is 25.7 Å². The average Bonchev–Trinajstić information content (AvgIpc) is 2.67. The van der Waals surface area contributed by atoms with E-state index < -0.39 is 0 Å². The predicted molar refractivity (Wildman–Crippen MR) is 74.3 cm³/mol. The molecule has 1 unspecified atom stereocenters. The molecule has 0 bridgehead atoms. The Bertz CT molecular complexity index is 299. The van der Waals surface area contributed by atoms with Crippen LogP contribution in [0.4, 0.5) is 0 Å². The molecule has 1 atom stereocenters. The van der Waals surface area contributed by atoms with Crippen LogP contribution in [0.1, 0.15) is 57.8 Å². The van der Waals surface area contributed by atoms with Gasteiger partial charge in [0.25, 0.3) is 0 Å². The molecule has 2 aliphatic rings. The van der Waals surface area contributed by atoms with Gasteiger partial charge in [0.2, 0.25) is 5.91 Å². The van der Waals surface area contributed by atoms with Gasteiger partial charge < -0.3 is 9.80 Å². The van der Waals surface area contributed by atoms with Crippen molar-refractivity contribution in [1.82, 2.24) is 9.80 Å². The van der Waals surface area contributed by atoms with E-state index in [1.54, 1.807) is 4.90 Å². The van der Waals surface area contributed by atoms with Gasteiger partial charge in [-0.2, -0.15) is 0 Å². The number of rotatable bonds is 2. The highest BCUT2D eigenvalue weighted by Crippen LogP contribution is 2.19. The molecule has 107 valence electrons. The minimum Gasteiger partial charge on any atom is -0.341 e. The first-order chi connectivity index (χ1) is 9.33. The lowest BCUT2D eigenvalue weighted by Gasteiger charge is -2.33. The minimum atomic E-state index is -0.254. The summed E-state index contributed by atoms with van der Waals surface area (Å²) in [5.41, 5.74) is 0. The van der Waals surface area contributed by atoms with Crippen molar-refractivity contribution in [1.29, 1.82) is 0 Å². The Balaban J connectivity index is 2.01. The Morgan fingerprint density at radius 2 is 1.42 bits per heavy atom. The van der Waals surface area contributed by atoms with Crippen LogP contribution in [0.3, 0.4) is 0 Å². The minimum absolute atomic E-state index is 0.159. The zero-order valence-electron chi connectivity index (χ0n) is 11.8. The number of carbonyl (C=O) groups excluding carboxylic acids is 2. The summed E-state index contributed by atoms with van der Waals surface area (Å²) in [6.07, 6.45) is 11.8. The zero-order valence-corrected chi connectivity index (χ0v) is 11.8. The number of nitrogens with zero attached hydrogens (tertiary/aromatic N) is 2. The van der Waals surface area contributed by atoms with Crippen molar-refractivity contribution in [3.05, 3.63) is 0 Å².